The largest absolute Gasteiger partial charge is 0.290 e. The highest BCUT2D eigenvalue weighted by atomic mass is 35.5. The van der Waals surface area contributed by atoms with Crippen molar-refractivity contribution < 1.29 is 4.79 Å². The lowest BCUT2D eigenvalue weighted by Gasteiger charge is -2.30. The predicted molar refractivity (Wildman–Crippen MR) is 94.0 cm³/mol. The number of rotatable bonds is 4. The number of nitrogens with zero attached hydrogens (tertiary/aromatic N) is 1. The number of para-hydroxylation sites is 1. The molecule has 2 rings (SSSR count). The SMILES string of the molecule is Cc1ccccc1N(C(=O)C(C)Cl)C(Cl)c1ccc(Cl)cc1. The molecule has 0 aliphatic rings. The van der Waals surface area contributed by atoms with Crippen LogP contribution in [0.3, 0.4) is 0 Å². The summed E-state index contributed by atoms with van der Waals surface area (Å²) < 4.78 is 0. The van der Waals surface area contributed by atoms with Crippen LogP contribution in [-0.4, -0.2) is 11.3 Å². The molecule has 2 aromatic carbocycles. The van der Waals surface area contributed by atoms with Gasteiger partial charge in [0, 0.05) is 10.7 Å². The summed E-state index contributed by atoms with van der Waals surface area (Å²) in [4.78, 5) is 14.1. The summed E-state index contributed by atoms with van der Waals surface area (Å²) >= 11 is 18.5. The minimum Gasteiger partial charge on any atom is -0.290 e. The number of benzene rings is 2. The maximum absolute atomic E-state index is 12.6. The molecule has 0 aliphatic heterocycles. The Bertz CT molecular complexity index is 655. The van der Waals surface area contributed by atoms with E-state index in [-0.39, 0.29) is 5.91 Å². The minimum absolute atomic E-state index is 0.245. The molecule has 0 radical (unpaired) electrons. The zero-order chi connectivity index (χ0) is 16.3. The number of hydrogen-bond donors (Lipinski definition) is 0. The second-order valence-electron chi connectivity index (χ2n) is 5.00. The van der Waals surface area contributed by atoms with Crippen LogP contribution in [0.4, 0.5) is 5.69 Å². The summed E-state index contributed by atoms with van der Waals surface area (Å²) in [6.45, 7) is 3.57. The first kappa shape index (κ1) is 17.1. The molecule has 0 aromatic heterocycles. The highest BCUT2D eigenvalue weighted by molar-refractivity contribution is 6.34. The van der Waals surface area contributed by atoms with Gasteiger partial charge in [0.05, 0.1) is 0 Å². The van der Waals surface area contributed by atoms with E-state index >= 15 is 0 Å². The molecule has 0 saturated heterocycles. The van der Waals surface area contributed by atoms with Crippen LogP contribution < -0.4 is 4.90 Å². The van der Waals surface area contributed by atoms with Gasteiger partial charge >= 0.3 is 0 Å². The summed E-state index contributed by atoms with van der Waals surface area (Å²) in [6.07, 6.45) is 0. The van der Waals surface area contributed by atoms with Gasteiger partial charge in [-0.15, -0.1) is 11.6 Å². The van der Waals surface area contributed by atoms with E-state index < -0.39 is 10.9 Å². The topological polar surface area (TPSA) is 20.3 Å². The number of carbonyl (C=O) groups is 1. The maximum Gasteiger partial charge on any atom is 0.246 e. The van der Waals surface area contributed by atoms with E-state index in [4.69, 9.17) is 34.8 Å². The van der Waals surface area contributed by atoms with Crippen LogP contribution >= 0.6 is 34.8 Å². The molecular formula is C17H16Cl3NO. The van der Waals surface area contributed by atoms with E-state index in [9.17, 15) is 4.79 Å². The lowest BCUT2D eigenvalue weighted by atomic mass is 10.1. The number of halogens is 3. The monoisotopic (exact) mass is 355 g/mol. The van der Waals surface area contributed by atoms with Crippen molar-refractivity contribution in [3.05, 3.63) is 64.7 Å². The fourth-order valence-corrected chi connectivity index (χ4v) is 2.73. The molecule has 0 spiro atoms. The molecule has 2 aromatic rings. The Kier molecular flexibility index (Phi) is 5.74. The molecule has 0 bridgehead atoms. The van der Waals surface area contributed by atoms with E-state index in [1.165, 1.54) is 4.90 Å². The quantitative estimate of drug-likeness (QED) is 0.520. The fraction of sp³-hybridized carbons (Fsp3) is 0.235. The Labute approximate surface area is 145 Å². The third kappa shape index (κ3) is 3.75. The third-order valence-electron chi connectivity index (χ3n) is 3.32. The van der Waals surface area contributed by atoms with Crippen LogP contribution in [0.1, 0.15) is 23.6 Å². The average Bonchev–Trinajstić information content (AvgIpc) is 2.49. The lowest BCUT2D eigenvalue weighted by molar-refractivity contribution is -0.118. The standard InChI is InChI=1S/C17H16Cl3NO/c1-11-5-3-4-6-15(11)21(17(22)12(2)18)16(20)13-7-9-14(19)10-8-13/h3-10,12,16H,1-2H3. The van der Waals surface area contributed by atoms with Crippen molar-refractivity contribution in [2.75, 3.05) is 4.90 Å². The first-order valence-electron chi connectivity index (χ1n) is 6.84. The molecule has 2 atom stereocenters. The summed E-state index contributed by atoms with van der Waals surface area (Å²) in [7, 11) is 0. The summed E-state index contributed by atoms with van der Waals surface area (Å²) in [6, 6.07) is 14.7. The highest BCUT2D eigenvalue weighted by Crippen LogP contribution is 2.34. The van der Waals surface area contributed by atoms with Crippen LogP contribution in [0.15, 0.2) is 48.5 Å². The first-order valence-corrected chi connectivity index (χ1v) is 8.09. The van der Waals surface area contributed by atoms with Crippen molar-refractivity contribution in [2.24, 2.45) is 0 Å². The molecule has 0 aliphatic carbocycles. The van der Waals surface area contributed by atoms with E-state index in [0.29, 0.717) is 5.02 Å². The van der Waals surface area contributed by atoms with Crippen molar-refractivity contribution in [1.29, 1.82) is 0 Å². The molecule has 0 N–H and O–H groups in total. The highest BCUT2D eigenvalue weighted by Gasteiger charge is 2.28. The van der Waals surface area contributed by atoms with Gasteiger partial charge in [0.1, 0.15) is 10.9 Å². The Morgan fingerprint density at radius 1 is 1.05 bits per heavy atom. The minimum atomic E-state index is -0.673. The molecule has 1 amide bonds. The second-order valence-corrected chi connectivity index (χ2v) is 6.50. The van der Waals surface area contributed by atoms with Crippen LogP contribution in [0.2, 0.25) is 5.02 Å². The van der Waals surface area contributed by atoms with Gasteiger partial charge in [-0.25, -0.2) is 0 Å². The van der Waals surface area contributed by atoms with Crippen molar-refractivity contribution >= 4 is 46.4 Å². The third-order valence-corrected chi connectivity index (χ3v) is 4.21. The fourth-order valence-electron chi connectivity index (χ4n) is 2.15. The average molecular weight is 357 g/mol. The Hall–Kier alpha value is -1.22. The molecule has 5 heteroatoms. The summed E-state index contributed by atoms with van der Waals surface area (Å²) in [5, 5.41) is -0.0553. The smallest absolute Gasteiger partial charge is 0.246 e. The predicted octanol–water partition coefficient (Wildman–Crippen LogP) is 5.55. The molecule has 2 nitrogen and oxygen atoms in total. The van der Waals surface area contributed by atoms with Gasteiger partial charge < -0.3 is 0 Å². The second kappa shape index (κ2) is 7.36. The molecule has 0 saturated carbocycles. The summed E-state index contributed by atoms with van der Waals surface area (Å²) in [5.41, 5.74) is 1.81. The zero-order valence-electron chi connectivity index (χ0n) is 12.3. The van der Waals surface area contributed by atoms with Crippen LogP contribution in [0.5, 0.6) is 0 Å². The van der Waals surface area contributed by atoms with Gasteiger partial charge in [0.2, 0.25) is 5.91 Å². The van der Waals surface area contributed by atoms with Gasteiger partial charge in [0.15, 0.2) is 0 Å². The van der Waals surface area contributed by atoms with Crippen LogP contribution in [0.25, 0.3) is 0 Å². The number of aryl methyl sites for hydroxylation is 1. The molecule has 0 heterocycles. The van der Waals surface area contributed by atoms with Crippen LogP contribution in [-0.2, 0) is 4.79 Å². The van der Waals surface area contributed by atoms with E-state index in [1.54, 1.807) is 31.2 Å². The number of anilines is 1. The van der Waals surface area contributed by atoms with Gasteiger partial charge in [-0.05, 0) is 43.2 Å². The van der Waals surface area contributed by atoms with Crippen LogP contribution in [0, 0.1) is 6.92 Å². The number of hydrogen-bond acceptors (Lipinski definition) is 1. The number of carbonyl (C=O) groups excluding carboxylic acids is 1. The number of amides is 1. The van der Waals surface area contributed by atoms with Crippen molar-refractivity contribution in [1.82, 2.24) is 0 Å². The van der Waals surface area contributed by atoms with Crippen molar-refractivity contribution in [3.8, 4) is 0 Å². The van der Waals surface area contributed by atoms with Crippen molar-refractivity contribution in [3.63, 3.8) is 0 Å². The Balaban J connectivity index is 2.47. The first-order chi connectivity index (χ1) is 10.4. The van der Waals surface area contributed by atoms with Gasteiger partial charge in [0.25, 0.3) is 0 Å². The van der Waals surface area contributed by atoms with Gasteiger partial charge in [-0.1, -0.05) is 53.5 Å². The summed E-state index contributed by atoms with van der Waals surface area (Å²) in [5.74, 6) is -0.245. The molecule has 0 fully saturated rings. The normalized spacial score (nSPS) is 13.5. The molecular weight excluding hydrogens is 341 g/mol. The lowest BCUT2D eigenvalue weighted by Crippen LogP contribution is -2.37. The molecule has 116 valence electrons. The van der Waals surface area contributed by atoms with Gasteiger partial charge in [-0.3, -0.25) is 9.69 Å². The van der Waals surface area contributed by atoms with E-state index in [2.05, 4.69) is 0 Å². The zero-order valence-corrected chi connectivity index (χ0v) is 14.5. The molecule has 22 heavy (non-hydrogen) atoms. The van der Waals surface area contributed by atoms with Crippen molar-refractivity contribution in [2.45, 2.75) is 24.7 Å². The van der Waals surface area contributed by atoms with E-state index in [1.807, 2.05) is 31.2 Å². The Morgan fingerprint density at radius 2 is 1.64 bits per heavy atom. The maximum atomic E-state index is 12.6. The van der Waals surface area contributed by atoms with E-state index in [0.717, 1.165) is 16.8 Å². The molecule has 2 unspecified atom stereocenters. The number of alkyl halides is 2. The Morgan fingerprint density at radius 3 is 2.18 bits per heavy atom. The van der Waals surface area contributed by atoms with Gasteiger partial charge in [-0.2, -0.15) is 0 Å².